The van der Waals surface area contributed by atoms with Gasteiger partial charge in [0.15, 0.2) is 0 Å². The fourth-order valence-electron chi connectivity index (χ4n) is 2.92. The van der Waals surface area contributed by atoms with E-state index in [9.17, 15) is 9.59 Å². The van der Waals surface area contributed by atoms with Crippen molar-refractivity contribution in [2.75, 3.05) is 26.2 Å². The zero-order valence-electron chi connectivity index (χ0n) is 12.3. The summed E-state index contributed by atoms with van der Waals surface area (Å²) in [7, 11) is 0. The molecular weight excluding hydrogens is 244 g/mol. The van der Waals surface area contributed by atoms with Crippen molar-refractivity contribution in [3.8, 4) is 0 Å². The molecule has 0 aromatic rings. The van der Waals surface area contributed by atoms with Crippen molar-refractivity contribution in [2.45, 2.75) is 39.7 Å². The maximum absolute atomic E-state index is 12.0. The van der Waals surface area contributed by atoms with Gasteiger partial charge in [0.1, 0.15) is 5.60 Å². The first kappa shape index (κ1) is 14.2. The number of carbonyl (C=O) groups excluding carboxylic acids is 2. The van der Waals surface area contributed by atoms with E-state index in [1.807, 2.05) is 25.7 Å². The smallest absolute Gasteiger partial charge is 0.410 e. The van der Waals surface area contributed by atoms with Crippen LogP contribution in [0.5, 0.6) is 0 Å². The summed E-state index contributed by atoms with van der Waals surface area (Å²) in [6.07, 6.45) is 0.737. The molecule has 0 saturated carbocycles. The molecule has 0 aliphatic carbocycles. The number of amides is 2. The first-order valence-electron chi connectivity index (χ1n) is 6.99. The van der Waals surface area contributed by atoms with E-state index >= 15 is 0 Å². The molecule has 2 aliphatic heterocycles. The molecule has 2 atom stereocenters. The number of fused-ring (bicyclic) bond motifs is 1. The summed E-state index contributed by atoms with van der Waals surface area (Å²) in [5, 5.41) is 0. The van der Waals surface area contributed by atoms with Gasteiger partial charge in [0.25, 0.3) is 0 Å². The van der Waals surface area contributed by atoms with Crippen LogP contribution in [-0.2, 0) is 9.53 Å². The molecule has 2 saturated heterocycles. The number of hydrogen-bond donors (Lipinski definition) is 0. The molecule has 0 aromatic heterocycles. The van der Waals surface area contributed by atoms with E-state index in [2.05, 4.69) is 0 Å². The average Bonchev–Trinajstić information content (AvgIpc) is 2.69. The number of ether oxygens (including phenoxy) is 1. The molecule has 2 fully saturated rings. The van der Waals surface area contributed by atoms with Crippen molar-refractivity contribution in [1.29, 1.82) is 0 Å². The van der Waals surface area contributed by atoms with E-state index in [-0.39, 0.29) is 12.0 Å². The van der Waals surface area contributed by atoms with Crippen LogP contribution in [0.1, 0.15) is 34.1 Å². The zero-order valence-corrected chi connectivity index (χ0v) is 12.3. The van der Waals surface area contributed by atoms with Gasteiger partial charge >= 0.3 is 6.09 Å². The van der Waals surface area contributed by atoms with Crippen molar-refractivity contribution in [2.24, 2.45) is 11.8 Å². The molecule has 0 spiro atoms. The summed E-state index contributed by atoms with van der Waals surface area (Å²) < 4.78 is 5.41. The van der Waals surface area contributed by atoms with Gasteiger partial charge in [-0.25, -0.2) is 4.79 Å². The van der Waals surface area contributed by atoms with Gasteiger partial charge in [-0.15, -0.1) is 0 Å². The summed E-state index contributed by atoms with van der Waals surface area (Å²) in [5.41, 5.74) is -0.449. The largest absolute Gasteiger partial charge is 0.444 e. The van der Waals surface area contributed by atoms with Crippen molar-refractivity contribution < 1.29 is 14.3 Å². The van der Waals surface area contributed by atoms with E-state index in [1.54, 1.807) is 11.8 Å². The molecule has 2 amide bonds. The number of piperidine rings is 1. The van der Waals surface area contributed by atoms with Crippen molar-refractivity contribution in [1.82, 2.24) is 9.80 Å². The molecule has 2 unspecified atom stereocenters. The van der Waals surface area contributed by atoms with Crippen LogP contribution in [0.15, 0.2) is 0 Å². The Morgan fingerprint density at radius 2 is 1.63 bits per heavy atom. The molecule has 19 heavy (non-hydrogen) atoms. The minimum atomic E-state index is -0.449. The van der Waals surface area contributed by atoms with Gasteiger partial charge in [0.05, 0.1) is 0 Å². The first-order chi connectivity index (χ1) is 8.76. The number of hydrogen-bond acceptors (Lipinski definition) is 3. The van der Waals surface area contributed by atoms with Crippen molar-refractivity contribution in [3.63, 3.8) is 0 Å². The van der Waals surface area contributed by atoms with Gasteiger partial charge in [-0.2, -0.15) is 0 Å². The predicted octanol–water partition coefficient (Wildman–Crippen LogP) is 1.72. The summed E-state index contributed by atoms with van der Waals surface area (Å²) in [4.78, 5) is 27.1. The maximum atomic E-state index is 12.0. The van der Waals surface area contributed by atoms with Gasteiger partial charge in [-0.3, -0.25) is 4.79 Å². The summed E-state index contributed by atoms with van der Waals surface area (Å²) in [6.45, 7) is 10.3. The lowest BCUT2D eigenvalue weighted by molar-refractivity contribution is -0.128. The molecule has 2 heterocycles. The molecule has 0 N–H and O–H groups in total. The lowest BCUT2D eigenvalue weighted by Gasteiger charge is -2.35. The van der Waals surface area contributed by atoms with Crippen LogP contribution >= 0.6 is 0 Å². The van der Waals surface area contributed by atoms with E-state index in [4.69, 9.17) is 4.74 Å². The second-order valence-electron chi connectivity index (χ2n) is 6.66. The molecule has 0 radical (unpaired) electrons. The average molecular weight is 268 g/mol. The fraction of sp³-hybridized carbons (Fsp3) is 0.857. The Morgan fingerprint density at radius 1 is 1.05 bits per heavy atom. The Morgan fingerprint density at radius 3 is 2.21 bits per heavy atom. The predicted molar refractivity (Wildman–Crippen MR) is 71.7 cm³/mol. The Bertz CT molecular complexity index is 375. The highest BCUT2D eigenvalue weighted by Gasteiger charge is 2.39. The monoisotopic (exact) mass is 268 g/mol. The minimum absolute atomic E-state index is 0.137. The van der Waals surface area contributed by atoms with Crippen LogP contribution in [0.4, 0.5) is 4.79 Å². The minimum Gasteiger partial charge on any atom is -0.444 e. The van der Waals surface area contributed by atoms with Gasteiger partial charge in [-0.1, -0.05) is 0 Å². The molecule has 5 nitrogen and oxygen atoms in total. The topological polar surface area (TPSA) is 49.9 Å². The standard InChI is InChI=1S/C14H24N2O3/c1-10(17)16-7-11-5-6-15(8-12(11)9-16)13(18)19-14(2,3)4/h11-12H,5-9H2,1-4H3. The van der Waals surface area contributed by atoms with Crippen molar-refractivity contribution >= 4 is 12.0 Å². The van der Waals surface area contributed by atoms with Crippen LogP contribution in [-0.4, -0.2) is 53.6 Å². The number of carbonyl (C=O) groups is 2. The van der Waals surface area contributed by atoms with Crippen LogP contribution in [0.2, 0.25) is 0 Å². The number of likely N-dealkylation sites (tertiary alicyclic amines) is 2. The second-order valence-corrected chi connectivity index (χ2v) is 6.66. The molecule has 2 rings (SSSR count). The van der Waals surface area contributed by atoms with Crippen molar-refractivity contribution in [3.05, 3.63) is 0 Å². The number of rotatable bonds is 0. The molecular formula is C14H24N2O3. The Kier molecular flexibility index (Phi) is 3.74. The third kappa shape index (κ3) is 3.39. The highest BCUT2D eigenvalue weighted by molar-refractivity contribution is 5.73. The highest BCUT2D eigenvalue weighted by atomic mass is 16.6. The third-order valence-electron chi connectivity index (χ3n) is 3.90. The summed E-state index contributed by atoms with van der Waals surface area (Å²) in [5.74, 6) is 1.09. The van der Waals surface area contributed by atoms with E-state index < -0.39 is 5.60 Å². The van der Waals surface area contributed by atoms with Gasteiger partial charge in [0.2, 0.25) is 5.91 Å². The van der Waals surface area contributed by atoms with Gasteiger partial charge in [-0.05, 0) is 39.0 Å². The molecule has 0 bridgehead atoms. The van der Waals surface area contributed by atoms with Gasteiger partial charge in [0, 0.05) is 33.1 Å². The van der Waals surface area contributed by atoms with Crippen LogP contribution < -0.4 is 0 Å². The molecule has 2 aliphatic rings. The van der Waals surface area contributed by atoms with Crippen LogP contribution in [0.25, 0.3) is 0 Å². The summed E-state index contributed by atoms with van der Waals surface area (Å²) >= 11 is 0. The lowest BCUT2D eigenvalue weighted by atomic mass is 9.89. The zero-order chi connectivity index (χ0) is 14.2. The first-order valence-corrected chi connectivity index (χ1v) is 6.99. The fourth-order valence-corrected chi connectivity index (χ4v) is 2.92. The second kappa shape index (κ2) is 5.02. The van der Waals surface area contributed by atoms with E-state index in [0.29, 0.717) is 18.4 Å². The maximum Gasteiger partial charge on any atom is 0.410 e. The lowest BCUT2D eigenvalue weighted by Crippen LogP contribution is -2.45. The molecule has 108 valence electrons. The quantitative estimate of drug-likeness (QED) is 0.672. The summed E-state index contributed by atoms with van der Waals surface area (Å²) in [6, 6.07) is 0. The highest BCUT2D eigenvalue weighted by Crippen LogP contribution is 2.31. The van der Waals surface area contributed by atoms with Crippen LogP contribution in [0.3, 0.4) is 0 Å². The Labute approximate surface area is 114 Å². The molecule has 0 aromatic carbocycles. The normalized spacial score (nSPS) is 27.2. The van der Waals surface area contributed by atoms with E-state index in [1.165, 1.54) is 0 Å². The third-order valence-corrected chi connectivity index (χ3v) is 3.90. The SMILES string of the molecule is CC(=O)N1CC2CCN(C(=O)OC(C)(C)C)CC2C1. The molecule has 5 heteroatoms. The Balaban J connectivity index is 1.92. The number of nitrogens with zero attached hydrogens (tertiary/aromatic N) is 2. The van der Waals surface area contributed by atoms with Crippen LogP contribution in [0, 0.1) is 11.8 Å². The van der Waals surface area contributed by atoms with Gasteiger partial charge < -0.3 is 14.5 Å². The Hall–Kier alpha value is -1.26. The van der Waals surface area contributed by atoms with E-state index in [0.717, 1.165) is 26.1 Å².